The third kappa shape index (κ3) is 7.99. The van der Waals surface area contributed by atoms with Gasteiger partial charge in [0.1, 0.15) is 17.5 Å². The number of oxazole rings is 1. The number of amides is 2. The Morgan fingerprint density at radius 2 is 1.73 bits per heavy atom. The number of rotatable bonds is 12. The van der Waals surface area contributed by atoms with E-state index in [4.69, 9.17) is 9.15 Å². The number of hydrogen-bond donors (Lipinski definition) is 0. The minimum Gasteiger partial charge on any atom is -0.446 e. The molecule has 0 unspecified atom stereocenters. The van der Waals surface area contributed by atoms with Crippen molar-refractivity contribution in [2.45, 2.75) is 32.9 Å². The smallest absolute Gasteiger partial charge is 0.247 e. The van der Waals surface area contributed by atoms with E-state index in [9.17, 15) is 9.59 Å². The summed E-state index contributed by atoms with van der Waals surface area (Å²) in [4.78, 5) is 39.6. The number of aryl methyl sites for hydroxylation is 2. The van der Waals surface area contributed by atoms with Crippen LogP contribution in [-0.4, -0.2) is 64.9 Å². The van der Waals surface area contributed by atoms with Gasteiger partial charge in [-0.1, -0.05) is 60.7 Å². The van der Waals surface area contributed by atoms with Gasteiger partial charge in [-0.25, -0.2) is 4.98 Å². The fourth-order valence-corrected chi connectivity index (χ4v) is 4.58. The first-order chi connectivity index (χ1) is 19.9. The average Bonchev–Trinajstić information content (AvgIpc) is 3.33. The molecule has 0 radical (unpaired) electrons. The Morgan fingerprint density at radius 3 is 2.37 bits per heavy atom. The quantitative estimate of drug-likeness (QED) is 0.227. The molecule has 0 saturated carbocycles. The SMILES string of the molecule is COCCN(C)C(=O)[C@H](Cc1ccccc1)N(Cc1ccc(-c2cccnc2)cc1)C(=O)/C=C/c1nc(C)oc1C. The normalized spacial score (nSPS) is 11.9. The number of likely N-dealkylation sites (N-methyl/N-ethyl adjacent to an activating group) is 1. The predicted molar refractivity (Wildman–Crippen MR) is 159 cm³/mol. The predicted octanol–water partition coefficient (Wildman–Crippen LogP) is 5.11. The van der Waals surface area contributed by atoms with Crippen molar-refractivity contribution in [3.8, 4) is 11.1 Å². The van der Waals surface area contributed by atoms with E-state index in [1.807, 2.05) is 72.9 Å². The van der Waals surface area contributed by atoms with Crippen molar-refractivity contribution in [3.05, 3.63) is 114 Å². The lowest BCUT2D eigenvalue weighted by atomic mass is 10.0. The van der Waals surface area contributed by atoms with E-state index in [0.29, 0.717) is 36.9 Å². The van der Waals surface area contributed by atoms with E-state index in [0.717, 1.165) is 22.3 Å². The molecular weight excluding hydrogens is 516 g/mol. The zero-order chi connectivity index (χ0) is 29.2. The van der Waals surface area contributed by atoms with Crippen LogP contribution in [0.15, 0.2) is 89.6 Å². The fraction of sp³-hybridized carbons (Fsp3) is 0.273. The van der Waals surface area contributed by atoms with Crippen molar-refractivity contribution in [2.75, 3.05) is 27.3 Å². The molecule has 4 rings (SSSR count). The summed E-state index contributed by atoms with van der Waals surface area (Å²) < 4.78 is 10.7. The van der Waals surface area contributed by atoms with Crippen LogP contribution in [0.2, 0.25) is 0 Å². The van der Waals surface area contributed by atoms with Gasteiger partial charge >= 0.3 is 0 Å². The van der Waals surface area contributed by atoms with Gasteiger partial charge in [0, 0.05) is 59.1 Å². The maximum Gasteiger partial charge on any atom is 0.247 e. The standard InChI is InChI=1S/C33H36N4O4/c1-24-30(35-25(2)41-24)16-17-32(38)37(23-27-12-14-28(15-13-27)29-11-8-18-34-22-29)31(21-26-9-6-5-7-10-26)33(39)36(3)19-20-40-4/h5-18,22,31H,19-21,23H2,1-4H3/b17-16+/t31-/m0/s1. The van der Waals surface area contributed by atoms with E-state index in [2.05, 4.69) is 9.97 Å². The van der Waals surface area contributed by atoms with Crippen molar-refractivity contribution in [1.29, 1.82) is 0 Å². The van der Waals surface area contributed by atoms with Gasteiger partial charge in [0.05, 0.1) is 6.61 Å². The molecule has 212 valence electrons. The average molecular weight is 553 g/mol. The maximum absolute atomic E-state index is 13.9. The van der Waals surface area contributed by atoms with Gasteiger partial charge < -0.3 is 19.0 Å². The van der Waals surface area contributed by atoms with Crippen LogP contribution in [-0.2, 0) is 27.3 Å². The molecule has 4 aromatic rings. The molecule has 0 aliphatic carbocycles. The van der Waals surface area contributed by atoms with E-state index >= 15 is 0 Å². The summed E-state index contributed by atoms with van der Waals surface area (Å²) in [7, 11) is 3.34. The second-order valence-electron chi connectivity index (χ2n) is 9.87. The molecule has 0 spiro atoms. The van der Waals surface area contributed by atoms with Crippen molar-refractivity contribution < 1.29 is 18.7 Å². The molecule has 0 saturated heterocycles. The number of carbonyl (C=O) groups excluding carboxylic acids is 2. The van der Waals surface area contributed by atoms with Gasteiger partial charge in [0.2, 0.25) is 11.8 Å². The summed E-state index contributed by atoms with van der Waals surface area (Å²) in [6, 6.07) is 20.9. The Balaban J connectivity index is 1.69. The van der Waals surface area contributed by atoms with Crippen LogP contribution >= 0.6 is 0 Å². The zero-order valence-corrected chi connectivity index (χ0v) is 24.0. The van der Waals surface area contributed by atoms with Crippen LogP contribution in [0, 0.1) is 13.8 Å². The topological polar surface area (TPSA) is 88.8 Å². The van der Waals surface area contributed by atoms with Crippen LogP contribution in [0.25, 0.3) is 17.2 Å². The molecule has 0 bridgehead atoms. The van der Waals surface area contributed by atoms with Gasteiger partial charge in [-0.05, 0) is 41.3 Å². The minimum atomic E-state index is -0.741. The number of aromatic nitrogens is 2. The molecule has 0 aliphatic heterocycles. The molecule has 2 amide bonds. The van der Waals surface area contributed by atoms with Crippen molar-refractivity contribution >= 4 is 17.9 Å². The number of pyridine rings is 1. The van der Waals surface area contributed by atoms with Gasteiger partial charge in [-0.2, -0.15) is 0 Å². The summed E-state index contributed by atoms with van der Waals surface area (Å²) >= 11 is 0. The van der Waals surface area contributed by atoms with E-state index < -0.39 is 6.04 Å². The largest absolute Gasteiger partial charge is 0.446 e. The molecule has 2 aromatic carbocycles. The molecule has 8 heteroatoms. The molecule has 41 heavy (non-hydrogen) atoms. The Morgan fingerprint density at radius 1 is 0.976 bits per heavy atom. The number of nitrogens with zero attached hydrogens (tertiary/aromatic N) is 4. The lowest BCUT2D eigenvalue weighted by Crippen LogP contribution is -2.51. The summed E-state index contributed by atoms with van der Waals surface area (Å²) in [5, 5.41) is 0. The highest BCUT2D eigenvalue weighted by Crippen LogP contribution is 2.22. The highest BCUT2D eigenvalue weighted by molar-refractivity contribution is 5.95. The summed E-state index contributed by atoms with van der Waals surface area (Å²) in [5.41, 5.74) is 4.47. The first kappa shape index (κ1) is 29.4. The second-order valence-corrected chi connectivity index (χ2v) is 9.87. The third-order valence-electron chi connectivity index (χ3n) is 6.85. The van der Waals surface area contributed by atoms with Crippen LogP contribution in [0.1, 0.15) is 28.5 Å². The molecule has 0 N–H and O–H groups in total. The molecular formula is C33H36N4O4. The van der Waals surface area contributed by atoms with Crippen LogP contribution in [0.3, 0.4) is 0 Å². The number of ether oxygens (including phenoxy) is 1. The molecule has 1 atom stereocenters. The van der Waals surface area contributed by atoms with Crippen LogP contribution < -0.4 is 0 Å². The van der Waals surface area contributed by atoms with Crippen molar-refractivity contribution in [3.63, 3.8) is 0 Å². The first-order valence-corrected chi connectivity index (χ1v) is 13.6. The Labute approximate surface area is 241 Å². The first-order valence-electron chi connectivity index (χ1n) is 13.6. The highest BCUT2D eigenvalue weighted by Gasteiger charge is 2.31. The van der Waals surface area contributed by atoms with E-state index in [1.54, 1.807) is 50.1 Å². The lowest BCUT2D eigenvalue weighted by molar-refractivity contribution is -0.143. The monoisotopic (exact) mass is 552 g/mol. The number of hydrogen-bond acceptors (Lipinski definition) is 6. The summed E-state index contributed by atoms with van der Waals surface area (Å²) in [6.07, 6.45) is 7.03. The molecule has 0 aliphatic rings. The fourth-order valence-electron chi connectivity index (χ4n) is 4.58. The van der Waals surface area contributed by atoms with Crippen molar-refractivity contribution in [1.82, 2.24) is 19.8 Å². The number of methoxy groups -OCH3 is 1. The van der Waals surface area contributed by atoms with Gasteiger partial charge in [0.25, 0.3) is 0 Å². The molecule has 2 heterocycles. The number of benzene rings is 2. The molecule has 8 nitrogen and oxygen atoms in total. The van der Waals surface area contributed by atoms with Gasteiger partial charge in [-0.3, -0.25) is 14.6 Å². The van der Waals surface area contributed by atoms with Gasteiger partial charge in [0.15, 0.2) is 5.89 Å². The minimum absolute atomic E-state index is 0.159. The van der Waals surface area contributed by atoms with E-state index in [-0.39, 0.29) is 18.4 Å². The van der Waals surface area contributed by atoms with E-state index in [1.165, 1.54) is 6.08 Å². The Kier molecular flexibility index (Phi) is 10.2. The zero-order valence-electron chi connectivity index (χ0n) is 24.0. The lowest BCUT2D eigenvalue weighted by Gasteiger charge is -2.33. The Hall–Kier alpha value is -4.56. The summed E-state index contributed by atoms with van der Waals surface area (Å²) in [6.45, 7) is 4.62. The highest BCUT2D eigenvalue weighted by atomic mass is 16.5. The second kappa shape index (κ2) is 14.2. The maximum atomic E-state index is 13.9. The Bertz CT molecular complexity index is 1450. The summed E-state index contributed by atoms with van der Waals surface area (Å²) in [5.74, 6) is 0.696. The number of carbonyl (C=O) groups is 2. The molecule has 2 aromatic heterocycles. The third-order valence-corrected chi connectivity index (χ3v) is 6.85. The van der Waals surface area contributed by atoms with Crippen LogP contribution in [0.5, 0.6) is 0 Å². The molecule has 0 fully saturated rings. The van der Waals surface area contributed by atoms with Gasteiger partial charge in [-0.15, -0.1) is 0 Å². The van der Waals surface area contributed by atoms with Crippen molar-refractivity contribution in [2.24, 2.45) is 0 Å². The van der Waals surface area contributed by atoms with Crippen LogP contribution in [0.4, 0.5) is 0 Å².